The van der Waals surface area contributed by atoms with Crippen molar-refractivity contribution in [3.05, 3.63) is 29.3 Å². The van der Waals surface area contributed by atoms with Gasteiger partial charge in [-0.2, -0.15) is 0 Å². The van der Waals surface area contributed by atoms with Crippen molar-refractivity contribution in [2.45, 2.75) is 62.7 Å². The van der Waals surface area contributed by atoms with Crippen molar-refractivity contribution in [2.24, 2.45) is 11.8 Å². The lowest BCUT2D eigenvalue weighted by atomic mass is 9.54. The van der Waals surface area contributed by atoms with Crippen molar-refractivity contribution in [1.29, 1.82) is 0 Å². The van der Waals surface area contributed by atoms with Gasteiger partial charge in [0.1, 0.15) is 5.75 Å². The number of aliphatic hydroxyl groups is 1. The molecule has 142 valence electrons. The first kappa shape index (κ1) is 17.0. The summed E-state index contributed by atoms with van der Waals surface area (Å²) in [6, 6.07) is 7.23. The number of fused-ring (bicyclic) bond motifs is 1. The van der Waals surface area contributed by atoms with Gasteiger partial charge in [-0.15, -0.1) is 0 Å². The second-order valence-corrected chi connectivity index (χ2v) is 9.62. The van der Waals surface area contributed by atoms with Crippen molar-refractivity contribution in [3.8, 4) is 5.75 Å². The molecule has 4 aliphatic rings. The standard InChI is InChI=1S/C22H31NO3/c1-21(2)11-18-19-8-14-4-5-16(25-3)10-17(14)22(18,13-26-21)6-7-23(19)12-15-9-20(15)24/h4-5,10,15,18-20,24H,6-9,11-13H2,1-3H3/t15?,18-,19+,20?,22+/m0/s1. The Labute approximate surface area is 156 Å². The van der Waals surface area contributed by atoms with E-state index in [1.807, 2.05) is 0 Å². The van der Waals surface area contributed by atoms with E-state index in [0.29, 0.717) is 17.9 Å². The van der Waals surface area contributed by atoms with Crippen LogP contribution in [0.3, 0.4) is 0 Å². The number of hydrogen-bond donors (Lipinski definition) is 1. The number of ether oxygens (including phenoxy) is 2. The van der Waals surface area contributed by atoms with Gasteiger partial charge in [-0.05, 0) is 75.3 Å². The average Bonchev–Trinajstić information content (AvgIpc) is 3.31. The molecule has 1 saturated carbocycles. The molecule has 1 N–H and O–H groups in total. The number of hydrogen-bond acceptors (Lipinski definition) is 4. The lowest BCUT2D eigenvalue weighted by Crippen LogP contribution is -2.65. The van der Waals surface area contributed by atoms with E-state index in [9.17, 15) is 5.11 Å². The predicted molar refractivity (Wildman–Crippen MR) is 101 cm³/mol. The number of benzene rings is 1. The maximum atomic E-state index is 9.85. The first-order valence-corrected chi connectivity index (χ1v) is 10.2. The summed E-state index contributed by atoms with van der Waals surface area (Å²) >= 11 is 0. The molecule has 0 spiro atoms. The molecule has 4 heteroatoms. The van der Waals surface area contributed by atoms with Gasteiger partial charge in [-0.3, -0.25) is 4.90 Å². The molecule has 4 nitrogen and oxygen atoms in total. The molecule has 0 amide bonds. The molecule has 2 aliphatic carbocycles. The predicted octanol–water partition coefficient (Wildman–Crippen LogP) is 2.76. The SMILES string of the molecule is COc1ccc2c(c1)[C@]13CCN(CC4CC4O)[C@H](C2)[C@@H]1CC(C)(C)OC3. The number of methoxy groups -OCH3 is 1. The van der Waals surface area contributed by atoms with Crippen LogP contribution >= 0.6 is 0 Å². The van der Waals surface area contributed by atoms with Crippen LogP contribution in [0, 0.1) is 11.8 Å². The fourth-order valence-electron chi connectivity index (χ4n) is 5.93. The number of likely N-dealkylation sites (tertiary alicyclic amines) is 1. The first-order chi connectivity index (χ1) is 12.4. The summed E-state index contributed by atoms with van der Waals surface area (Å²) < 4.78 is 11.9. The van der Waals surface area contributed by atoms with Crippen molar-refractivity contribution < 1.29 is 14.6 Å². The van der Waals surface area contributed by atoms with Gasteiger partial charge in [0.25, 0.3) is 0 Å². The van der Waals surface area contributed by atoms with E-state index < -0.39 is 0 Å². The van der Waals surface area contributed by atoms with Gasteiger partial charge < -0.3 is 14.6 Å². The minimum Gasteiger partial charge on any atom is -0.497 e. The molecule has 5 atom stereocenters. The molecule has 0 aromatic heterocycles. The Kier molecular flexibility index (Phi) is 3.73. The van der Waals surface area contributed by atoms with Crippen LogP contribution in [0.4, 0.5) is 0 Å². The number of aliphatic hydroxyl groups excluding tert-OH is 1. The van der Waals surface area contributed by atoms with Gasteiger partial charge >= 0.3 is 0 Å². The Bertz CT molecular complexity index is 717. The van der Waals surface area contributed by atoms with Crippen molar-refractivity contribution >= 4 is 0 Å². The Balaban J connectivity index is 1.55. The third-order valence-electron chi connectivity index (χ3n) is 7.56. The maximum absolute atomic E-state index is 9.85. The van der Waals surface area contributed by atoms with E-state index in [4.69, 9.17) is 9.47 Å². The number of piperidine rings is 1. The van der Waals surface area contributed by atoms with Crippen LogP contribution in [0.25, 0.3) is 0 Å². The number of rotatable bonds is 3. The maximum Gasteiger partial charge on any atom is 0.119 e. The van der Waals surface area contributed by atoms with Crippen molar-refractivity contribution in [3.63, 3.8) is 0 Å². The first-order valence-electron chi connectivity index (χ1n) is 10.2. The normalized spacial score (nSPS) is 40.5. The van der Waals surface area contributed by atoms with Gasteiger partial charge in [0.2, 0.25) is 0 Å². The van der Waals surface area contributed by atoms with Crippen molar-refractivity contribution in [2.75, 3.05) is 26.8 Å². The third kappa shape index (κ3) is 2.53. The van der Waals surface area contributed by atoms with Gasteiger partial charge in [-0.25, -0.2) is 0 Å². The molecule has 1 aromatic carbocycles. The average molecular weight is 357 g/mol. The molecule has 26 heavy (non-hydrogen) atoms. The van der Waals surface area contributed by atoms with Gasteiger partial charge in [0, 0.05) is 23.9 Å². The quantitative estimate of drug-likeness (QED) is 0.903. The molecule has 2 unspecified atom stereocenters. The fourth-order valence-corrected chi connectivity index (χ4v) is 5.93. The topological polar surface area (TPSA) is 41.9 Å². The molecule has 2 saturated heterocycles. The van der Waals surface area contributed by atoms with Crippen LogP contribution < -0.4 is 4.74 Å². The number of nitrogens with zero attached hydrogens (tertiary/aromatic N) is 1. The Morgan fingerprint density at radius 3 is 2.88 bits per heavy atom. The van der Waals surface area contributed by atoms with Crippen molar-refractivity contribution in [1.82, 2.24) is 4.90 Å². The Hall–Kier alpha value is -1.10. The van der Waals surface area contributed by atoms with Crippen LogP contribution in [0.5, 0.6) is 5.75 Å². The molecule has 2 heterocycles. The highest BCUT2D eigenvalue weighted by atomic mass is 16.5. The zero-order chi connectivity index (χ0) is 18.1. The van der Waals surface area contributed by atoms with Gasteiger partial charge in [0.15, 0.2) is 0 Å². The van der Waals surface area contributed by atoms with Gasteiger partial charge in [-0.1, -0.05) is 6.07 Å². The zero-order valence-corrected chi connectivity index (χ0v) is 16.2. The molecular weight excluding hydrogens is 326 g/mol. The largest absolute Gasteiger partial charge is 0.497 e. The van der Waals surface area contributed by atoms with Crippen LogP contribution in [0.15, 0.2) is 18.2 Å². The molecular formula is C22H31NO3. The lowest BCUT2D eigenvalue weighted by Gasteiger charge is -2.61. The molecule has 3 fully saturated rings. The smallest absolute Gasteiger partial charge is 0.119 e. The van der Waals surface area contributed by atoms with Crippen LogP contribution in [-0.4, -0.2) is 54.6 Å². The summed E-state index contributed by atoms with van der Waals surface area (Å²) in [5, 5.41) is 9.85. The fraction of sp³-hybridized carbons (Fsp3) is 0.727. The van der Waals surface area contributed by atoms with E-state index in [-0.39, 0.29) is 17.1 Å². The van der Waals surface area contributed by atoms with Crippen LogP contribution in [-0.2, 0) is 16.6 Å². The second-order valence-electron chi connectivity index (χ2n) is 9.62. The van der Waals surface area contributed by atoms with E-state index in [1.165, 1.54) is 11.1 Å². The Morgan fingerprint density at radius 1 is 1.35 bits per heavy atom. The second kappa shape index (κ2) is 5.70. The summed E-state index contributed by atoms with van der Waals surface area (Å²) in [7, 11) is 1.76. The highest BCUT2D eigenvalue weighted by Gasteiger charge is 2.58. The third-order valence-corrected chi connectivity index (χ3v) is 7.56. The molecule has 2 bridgehead atoms. The minimum atomic E-state index is -0.0621. The van der Waals surface area contributed by atoms with E-state index in [2.05, 4.69) is 36.9 Å². The summed E-state index contributed by atoms with van der Waals surface area (Å²) in [5.41, 5.74) is 3.02. The Morgan fingerprint density at radius 2 is 2.15 bits per heavy atom. The summed E-state index contributed by atoms with van der Waals surface area (Å²) in [6.07, 6.45) is 4.30. The van der Waals surface area contributed by atoms with E-state index in [0.717, 1.165) is 51.1 Å². The minimum absolute atomic E-state index is 0.0507. The van der Waals surface area contributed by atoms with Crippen LogP contribution in [0.2, 0.25) is 0 Å². The molecule has 5 rings (SSSR count). The summed E-state index contributed by atoms with van der Waals surface area (Å²) in [4.78, 5) is 2.69. The van der Waals surface area contributed by atoms with Gasteiger partial charge in [0.05, 0.1) is 25.4 Å². The molecule has 1 aromatic rings. The highest BCUT2D eigenvalue weighted by molar-refractivity contribution is 5.46. The van der Waals surface area contributed by atoms with E-state index >= 15 is 0 Å². The van der Waals surface area contributed by atoms with Crippen LogP contribution in [0.1, 0.15) is 44.2 Å². The lowest BCUT2D eigenvalue weighted by molar-refractivity contribution is -0.156. The molecule has 2 aliphatic heterocycles. The summed E-state index contributed by atoms with van der Waals surface area (Å²) in [5.74, 6) is 2.08. The molecule has 0 radical (unpaired) electrons. The monoisotopic (exact) mass is 357 g/mol. The summed E-state index contributed by atoms with van der Waals surface area (Å²) in [6.45, 7) is 7.48. The van der Waals surface area contributed by atoms with E-state index in [1.54, 1.807) is 7.11 Å². The zero-order valence-electron chi connectivity index (χ0n) is 16.2. The highest BCUT2D eigenvalue weighted by Crippen LogP contribution is 2.55.